The van der Waals surface area contributed by atoms with Crippen molar-refractivity contribution in [3.05, 3.63) is 42.0 Å². The lowest BCUT2D eigenvalue weighted by Gasteiger charge is -2.35. The Labute approximate surface area is 180 Å². The number of anilines is 3. The molecule has 10 heteroatoms. The van der Waals surface area contributed by atoms with Crippen LogP contribution < -0.4 is 15.5 Å². The molecular weight excluding hydrogens is 402 g/mol. The van der Waals surface area contributed by atoms with E-state index >= 15 is 0 Å². The largest absolute Gasteiger partial charge is 0.391 e. The van der Waals surface area contributed by atoms with Crippen LogP contribution in [0.25, 0.3) is 4.91 Å². The second-order valence-corrected chi connectivity index (χ2v) is 7.54. The highest BCUT2D eigenvalue weighted by atomic mass is 32.2. The summed E-state index contributed by atoms with van der Waals surface area (Å²) in [5, 5.41) is 6.15. The van der Waals surface area contributed by atoms with Gasteiger partial charge in [-0.1, -0.05) is 11.8 Å². The number of amides is 1. The number of nitrogens with zero attached hydrogens (tertiary/aromatic N) is 5. The van der Waals surface area contributed by atoms with Gasteiger partial charge in [0.2, 0.25) is 11.9 Å². The van der Waals surface area contributed by atoms with Crippen LogP contribution >= 0.6 is 11.8 Å². The van der Waals surface area contributed by atoms with Crippen molar-refractivity contribution in [3.8, 4) is 0 Å². The lowest BCUT2D eigenvalue weighted by molar-refractivity contribution is -0.129. The van der Waals surface area contributed by atoms with Gasteiger partial charge in [-0.3, -0.25) is 9.59 Å². The van der Waals surface area contributed by atoms with E-state index in [1.165, 1.54) is 0 Å². The molecule has 2 aromatic heterocycles. The zero-order valence-corrected chi connectivity index (χ0v) is 18.1. The van der Waals surface area contributed by atoms with Crippen molar-refractivity contribution in [3.63, 3.8) is 0 Å². The van der Waals surface area contributed by atoms with Crippen LogP contribution in [0.5, 0.6) is 0 Å². The first kappa shape index (κ1) is 21.6. The van der Waals surface area contributed by atoms with Crippen LogP contribution in [0.1, 0.15) is 19.5 Å². The van der Waals surface area contributed by atoms with E-state index in [4.69, 9.17) is 0 Å². The number of thioether (sulfide) groups is 1. The van der Waals surface area contributed by atoms with E-state index in [1.54, 1.807) is 32.4 Å². The third-order valence-electron chi connectivity index (χ3n) is 4.85. The highest BCUT2D eigenvalue weighted by Gasteiger charge is 2.19. The summed E-state index contributed by atoms with van der Waals surface area (Å²) in [6.07, 6.45) is 3.44. The van der Waals surface area contributed by atoms with Crippen LogP contribution in [0.2, 0.25) is 0 Å². The number of aromatic nitrogens is 3. The molecule has 0 aromatic carbocycles. The maximum absolute atomic E-state index is 11.5. The van der Waals surface area contributed by atoms with Gasteiger partial charge >= 0.3 is 0 Å². The van der Waals surface area contributed by atoms with E-state index in [0.717, 1.165) is 59.8 Å². The van der Waals surface area contributed by atoms with Gasteiger partial charge < -0.3 is 20.4 Å². The SMILES string of the molecule is CN/C(C)=C(\SC=O)c1ccnc(Nc2ccc(N3CCN(C(C)=O)CC3)cn2)n1. The molecule has 30 heavy (non-hydrogen) atoms. The van der Waals surface area contributed by atoms with Crippen LogP contribution in [0, 0.1) is 0 Å². The Kier molecular flexibility index (Phi) is 7.23. The fourth-order valence-electron chi connectivity index (χ4n) is 3.09. The van der Waals surface area contributed by atoms with Crippen molar-refractivity contribution >= 4 is 45.6 Å². The predicted molar refractivity (Wildman–Crippen MR) is 120 cm³/mol. The van der Waals surface area contributed by atoms with Gasteiger partial charge in [0.25, 0.3) is 0 Å². The van der Waals surface area contributed by atoms with E-state index in [9.17, 15) is 9.59 Å². The van der Waals surface area contributed by atoms with Crippen molar-refractivity contribution < 1.29 is 9.59 Å². The Morgan fingerprint density at radius 2 is 1.90 bits per heavy atom. The Morgan fingerprint density at radius 1 is 1.13 bits per heavy atom. The summed E-state index contributed by atoms with van der Waals surface area (Å²) in [6, 6.07) is 5.62. The molecule has 0 spiro atoms. The second-order valence-electron chi connectivity index (χ2n) is 6.70. The Hall–Kier alpha value is -3.14. The molecule has 1 amide bonds. The quantitative estimate of drug-likeness (QED) is 0.643. The van der Waals surface area contributed by atoms with Crippen molar-refractivity contribution in [1.82, 2.24) is 25.2 Å². The summed E-state index contributed by atoms with van der Waals surface area (Å²) in [5.41, 5.74) is 3.29. The molecule has 158 valence electrons. The molecule has 9 nitrogen and oxygen atoms in total. The molecule has 0 atom stereocenters. The topological polar surface area (TPSA) is 103 Å². The molecule has 1 aliphatic rings. The minimum Gasteiger partial charge on any atom is -0.391 e. The third-order valence-corrected chi connectivity index (χ3v) is 5.69. The van der Waals surface area contributed by atoms with Crippen LogP contribution in [0.4, 0.5) is 17.5 Å². The molecule has 0 radical (unpaired) electrons. The molecule has 3 rings (SSSR count). The number of rotatable bonds is 7. The van der Waals surface area contributed by atoms with E-state index in [1.807, 2.05) is 24.0 Å². The smallest absolute Gasteiger partial charge is 0.228 e. The van der Waals surface area contributed by atoms with Crippen molar-refractivity contribution in [2.45, 2.75) is 13.8 Å². The van der Waals surface area contributed by atoms with Crippen LogP contribution in [-0.2, 0) is 9.59 Å². The maximum atomic E-state index is 11.5. The van der Waals surface area contributed by atoms with Crippen molar-refractivity contribution in [2.75, 3.05) is 43.4 Å². The van der Waals surface area contributed by atoms with E-state index < -0.39 is 0 Å². The standard InChI is InChI=1S/C20H25N7O2S/c1-14(21-3)19(30-13-28)17-6-7-22-20(24-17)25-18-5-4-16(12-23-18)27-10-8-26(9-11-27)15(2)29/h4-7,12-13,21H,8-11H2,1-3H3,(H,22,23,24,25)/b19-14-. The zero-order valence-electron chi connectivity index (χ0n) is 17.3. The molecule has 0 bridgehead atoms. The Bertz CT molecular complexity index is 925. The summed E-state index contributed by atoms with van der Waals surface area (Å²) >= 11 is 1.07. The molecule has 2 N–H and O–H groups in total. The highest BCUT2D eigenvalue weighted by molar-refractivity contribution is 8.19. The van der Waals surface area contributed by atoms with Crippen LogP contribution in [0.3, 0.4) is 0 Å². The van der Waals surface area contributed by atoms with E-state index in [-0.39, 0.29) is 5.91 Å². The first-order valence-corrected chi connectivity index (χ1v) is 10.5. The summed E-state index contributed by atoms with van der Waals surface area (Å²) in [6.45, 7) is 6.50. The van der Waals surface area contributed by atoms with Gasteiger partial charge in [-0.05, 0) is 25.1 Å². The van der Waals surface area contributed by atoms with Gasteiger partial charge in [0, 0.05) is 52.0 Å². The average Bonchev–Trinajstić information content (AvgIpc) is 2.77. The molecule has 3 heterocycles. The lowest BCUT2D eigenvalue weighted by Crippen LogP contribution is -2.48. The molecule has 2 aromatic rings. The summed E-state index contributed by atoms with van der Waals surface area (Å²) < 4.78 is 0. The molecule has 1 saturated heterocycles. The first-order valence-electron chi connectivity index (χ1n) is 9.57. The summed E-state index contributed by atoms with van der Waals surface area (Å²) in [4.78, 5) is 40.5. The predicted octanol–water partition coefficient (Wildman–Crippen LogP) is 2.11. The third kappa shape index (κ3) is 5.26. The van der Waals surface area contributed by atoms with E-state index in [0.29, 0.717) is 17.5 Å². The number of carbonyl (C=O) groups excluding carboxylic acids is 2. The zero-order chi connectivity index (χ0) is 21.5. The van der Waals surface area contributed by atoms with Gasteiger partial charge in [0.05, 0.1) is 22.5 Å². The van der Waals surface area contributed by atoms with Crippen LogP contribution in [0.15, 0.2) is 36.3 Å². The lowest BCUT2D eigenvalue weighted by atomic mass is 10.2. The first-order chi connectivity index (χ1) is 14.5. The molecule has 1 fully saturated rings. The number of hydrogen-bond donors (Lipinski definition) is 2. The fourth-order valence-corrected chi connectivity index (χ4v) is 3.70. The fraction of sp³-hybridized carbons (Fsp3) is 0.350. The molecule has 0 unspecified atom stereocenters. The number of carbonyl (C=O) groups is 2. The van der Waals surface area contributed by atoms with Gasteiger partial charge in [0.15, 0.2) is 5.62 Å². The van der Waals surface area contributed by atoms with Crippen molar-refractivity contribution in [1.29, 1.82) is 0 Å². The Balaban J connectivity index is 1.69. The van der Waals surface area contributed by atoms with Crippen LogP contribution in [-0.4, -0.2) is 64.6 Å². The number of hydrogen-bond acceptors (Lipinski definition) is 9. The molecular formula is C20H25N7O2S. The number of piperazine rings is 1. The number of pyridine rings is 1. The van der Waals surface area contributed by atoms with Gasteiger partial charge in [-0.2, -0.15) is 0 Å². The minimum absolute atomic E-state index is 0.115. The van der Waals surface area contributed by atoms with Crippen molar-refractivity contribution in [2.24, 2.45) is 0 Å². The highest BCUT2D eigenvalue weighted by Crippen LogP contribution is 2.27. The van der Waals surface area contributed by atoms with Gasteiger partial charge in [-0.15, -0.1) is 0 Å². The van der Waals surface area contributed by atoms with Gasteiger partial charge in [0.1, 0.15) is 5.82 Å². The molecule has 0 saturated carbocycles. The van der Waals surface area contributed by atoms with E-state index in [2.05, 4.69) is 30.5 Å². The average molecular weight is 428 g/mol. The number of nitrogens with one attached hydrogen (secondary N) is 2. The normalized spacial score (nSPS) is 14.8. The summed E-state index contributed by atoms with van der Waals surface area (Å²) in [5.74, 6) is 1.14. The second kappa shape index (κ2) is 10.1. The Morgan fingerprint density at radius 3 is 2.50 bits per heavy atom. The monoisotopic (exact) mass is 427 g/mol. The molecule has 0 aliphatic carbocycles. The van der Waals surface area contributed by atoms with Gasteiger partial charge in [-0.25, -0.2) is 15.0 Å². The molecule has 1 aliphatic heterocycles. The number of allylic oxidation sites excluding steroid dienone is 1. The summed E-state index contributed by atoms with van der Waals surface area (Å²) in [7, 11) is 1.80. The minimum atomic E-state index is 0.115. The maximum Gasteiger partial charge on any atom is 0.228 e.